The van der Waals surface area contributed by atoms with Gasteiger partial charge in [-0.25, -0.2) is 4.79 Å². The van der Waals surface area contributed by atoms with Gasteiger partial charge < -0.3 is 10.1 Å². The Morgan fingerprint density at radius 2 is 1.81 bits per heavy atom. The predicted octanol–water partition coefficient (Wildman–Crippen LogP) is 3.76. The van der Waals surface area contributed by atoms with Crippen LogP contribution in [0.1, 0.15) is 24.0 Å². The second-order valence-electron chi connectivity index (χ2n) is 6.24. The highest BCUT2D eigenvalue weighted by molar-refractivity contribution is 6.30. The zero-order valence-electron chi connectivity index (χ0n) is 14.4. The summed E-state index contributed by atoms with van der Waals surface area (Å²) in [6.45, 7) is 1.14. The van der Waals surface area contributed by atoms with Crippen molar-refractivity contribution in [3.8, 4) is 0 Å². The van der Waals surface area contributed by atoms with Crippen LogP contribution in [0.15, 0.2) is 54.6 Å². The standard InChI is InChI=1S/C20H21ClN2O3/c21-17-10-8-15(9-11-17)13-22-19(24)18-7-4-12-23(18)20(25)26-14-16-5-2-1-3-6-16/h1-3,5-6,8-11,18H,4,7,12-14H2,(H,22,24). The zero-order valence-corrected chi connectivity index (χ0v) is 15.1. The van der Waals surface area contributed by atoms with Crippen LogP contribution in [0, 0.1) is 0 Å². The fourth-order valence-corrected chi connectivity index (χ4v) is 3.10. The van der Waals surface area contributed by atoms with E-state index in [1.54, 1.807) is 12.1 Å². The number of benzene rings is 2. The van der Waals surface area contributed by atoms with Crippen LogP contribution in [0.25, 0.3) is 0 Å². The molecule has 26 heavy (non-hydrogen) atoms. The molecule has 0 aliphatic carbocycles. The van der Waals surface area contributed by atoms with Gasteiger partial charge in [0.2, 0.25) is 5.91 Å². The van der Waals surface area contributed by atoms with Gasteiger partial charge in [0.1, 0.15) is 12.6 Å². The molecule has 0 aromatic heterocycles. The number of nitrogens with one attached hydrogen (secondary N) is 1. The molecule has 2 aromatic rings. The van der Waals surface area contributed by atoms with Crippen LogP contribution in [0.4, 0.5) is 4.79 Å². The van der Waals surface area contributed by atoms with E-state index in [2.05, 4.69) is 5.32 Å². The Balaban J connectivity index is 1.52. The maximum absolute atomic E-state index is 12.5. The lowest BCUT2D eigenvalue weighted by Crippen LogP contribution is -2.45. The van der Waals surface area contributed by atoms with E-state index >= 15 is 0 Å². The molecule has 1 heterocycles. The molecule has 1 atom stereocenters. The number of hydrogen-bond donors (Lipinski definition) is 1. The minimum Gasteiger partial charge on any atom is -0.445 e. The zero-order chi connectivity index (χ0) is 18.4. The van der Waals surface area contributed by atoms with Gasteiger partial charge in [0.15, 0.2) is 0 Å². The first kappa shape index (κ1) is 18.3. The van der Waals surface area contributed by atoms with E-state index in [-0.39, 0.29) is 12.5 Å². The first-order chi connectivity index (χ1) is 12.6. The average Bonchev–Trinajstić information content (AvgIpc) is 3.16. The van der Waals surface area contributed by atoms with E-state index in [0.717, 1.165) is 17.5 Å². The molecule has 1 aliphatic heterocycles. The lowest BCUT2D eigenvalue weighted by atomic mass is 10.2. The van der Waals surface area contributed by atoms with Crippen LogP contribution >= 0.6 is 11.6 Å². The molecular weight excluding hydrogens is 352 g/mol. The number of ether oxygens (including phenoxy) is 1. The Morgan fingerprint density at radius 1 is 1.08 bits per heavy atom. The fraction of sp³-hybridized carbons (Fsp3) is 0.300. The van der Waals surface area contributed by atoms with Gasteiger partial charge in [-0.05, 0) is 36.1 Å². The van der Waals surface area contributed by atoms with Crippen LogP contribution in [0.5, 0.6) is 0 Å². The van der Waals surface area contributed by atoms with Gasteiger partial charge in [0.05, 0.1) is 0 Å². The first-order valence-corrected chi connectivity index (χ1v) is 9.01. The summed E-state index contributed by atoms with van der Waals surface area (Å²) in [6.07, 6.45) is 0.991. The van der Waals surface area contributed by atoms with Gasteiger partial charge in [0.25, 0.3) is 0 Å². The van der Waals surface area contributed by atoms with Gasteiger partial charge >= 0.3 is 6.09 Å². The van der Waals surface area contributed by atoms with Gasteiger partial charge in [-0.15, -0.1) is 0 Å². The largest absolute Gasteiger partial charge is 0.445 e. The smallest absolute Gasteiger partial charge is 0.410 e. The highest BCUT2D eigenvalue weighted by Crippen LogP contribution is 2.19. The molecule has 1 aliphatic rings. The predicted molar refractivity (Wildman–Crippen MR) is 99.7 cm³/mol. The van der Waals surface area contributed by atoms with Crippen LogP contribution in [-0.4, -0.2) is 29.5 Å². The molecule has 1 fully saturated rings. The first-order valence-electron chi connectivity index (χ1n) is 8.63. The minimum absolute atomic E-state index is 0.158. The van der Waals surface area contributed by atoms with Crippen molar-refractivity contribution in [2.24, 2.45) is 0 Å². The van der Waals surface area contributed by atoms with Crippen molar-refractivity contribution in [2.75, 3.05) is 6.54 Å². The van der Waals surface area contributed by atoms with Gasteiger partial charge in [0, 0.05) is 18.1 Å². The highest BCUT2D eigenvalue weighted by Gasteiger charge is 2.34. The molecule has 0 spiro atoms. The summed E-state index contributed by atoms with van der Waals surface area (Å²) in [5.74, 6) is -0.158. The molecular formula is C20H21ClN2O3. The summed E-state index contributed by atoms with van der Waals surface area (Å²) in [6, 6.07) is 16.3. The molecule has 1 saturated heterocycles. The molecule has 0 radical (unpaired) electrons. The van der Waals surface area contributed by atoms with Crippen molar-refractivity contribution in [3.05, 3.63) is 70.7 Å². The molecule has 6 heteroatoms. The molecule has 5 nitrogen and oxygen atoms in total. The summed E-state index contributed by atoms with van der Waals surface area (Å²) in [5, 5.41) is 3.54. The molecule has 136 valence electrons. The molecule has 0 bridgehead atoms. The van der Waals surface area contributed by atoms with Crippen LogP contribution in [0.2, 0.25) is 5.02 Å². The maximum atomic E-state index is 12.5. The van der Waals surface area contributed by atoms with E-state index in [9.17, 15) is 9.59 Å². The SMILES string of the molecule is O=C(NCc1ccc(Cl)cc1)C1CCCN1C(=O)OCc1ccccc1. The normalized spacial score (nSPS) is 16.3. The Hall–Kier alpha value is -2.53. The fourth-order valence-electron chi connectivity index (χ4n) is 2.97. The Morgan fingerprint density at radius 3 is 2.54 bits per heavy atom. The number of carbonyl (C=O) groups is 2. The molecule has 0 saturated carbocycles. The Labute approximate surface area is 157 Å². The number of likely N-dealkylation sites (tertiary alicyclic amines) is 1. The second-order valence-corrected chi connectivity index (χ2v) is 6.67. The summed E-state index contributed by atoms with van der Waals surface area (Å²) < 4.78 is 5.36. The van der Waals surface area contributed by atoms with Crippen molar-refractivity contribution in [2.45, 2.75) is 32.0 Å². The third kappa shape index (κ3) is 4.76. The van der Waals surface area contributed by atoms with E-state index in [0.29, 0.717) is 24.5 Å². The highest BCUT2D eigenvalue weighted by atomic mass is 35.5. The lowest BCUT2D eigenvalue weighted by Gasteiger charge is -2.23. The molecule has 1 unspecified atom stereocenters. The number of rotatable bonds is 5. The summed E-state index contributed by atoms with van der Waals surface area (Å²) in [4.78, 5) is 26.4. The Kier molecular flexibility index (Phi) is 6.12. The van der Waals surface area contributed by atoms with Crippen molar-refractivity contribution in [3.63, 3.8) is 0 Å². The van der Waals surface area contributed by atoms with E-state index in [1.807, 2.05) is 42.5 Å². The average molecular weight is 373 g/mol. The molecule has 1 N–H and O–H groups in total. The number of hydrogen-bond acceptors (Lipinski definition) is 3. The number of nitrogens with zero attached hydrogens (tertiary/aromatic N) is 1. The maximum Gasteiger partial charge on any atom is 0.410 e. The van der Waals surface area contributed by atoms with Crippen LogP contribution in [0.3, 0.4) is 0 Å². The third-order valence-electron chi connectivity index (χ3n) is 4.38. The molecule has 2 aromatic carbocycles. The number of amides is 2. The monoisotopic (exact) mass is 372 g/mol. The lowest BCUT2D eigenvalue weighted by molar-refractivity contribution is -0.125. The topological polar surface area (TPSA) is 58.6 Å². The molecule has 3 rings (SSSR count). The van der Waals surface area contributed by atoms with Crippen molar-refractivity contribution < 1.29 is 14.3 Å². The quantitative estimate of drug-likeness (QED) is 0.869. The minimum atomic E-state index is -0.481. The van der Waals surface area contributed by atoms with E-state index < -0.39 is 12.1 Å². The van der Waals surface area contributed by atoms with E-state index in [4.69, 9.17) is 16.3 Å². The third-order valence-corrected chi connectivity index (χ3v) is 4.63. The second kappa shape index (κ2) is 8.72. The molecule has 2 amide bonds. The van der Waals surface area contributed by atoms with Crippen molar-refractivity contribution in [1.82, 2.24) is 10.2 Å². The van der Waals surface area contributed by atoms with Gasteiger partial charge in [-0.3, -0.25) is 9.69 Å². The van der Waals surface area contributed by atoms with Crippen LogP contribution in [-0.2, 0) is 22.7 Å². The van der Waals surface area contributed by atoms with Crippen LogP contribution < -0.4 is 5.32 Å². The van der Waals surface area contributed by atoms with Gasteiger partial charge in [-0.2, -0.15) is 0 Å². The summed E-state index contributed by atoms with van der Waals surface area (Å²) in [7, 11) is 0. The van der Waals surface area contributed by atoms with Crippen molar-refractivity contribution in [1.29, 1.82) is 0 Å². The number of carbonyl (C=O) groups excluding carboxylic acids is 2. The Bertz CT molecular complexity index is 749. The van der Waals surface area contributed by atoms with E-state index in [1.165, 1.54) is 4.90 Å². The van der Waals surface area contributed by atoms with Gasteiger partial charge in [-0.1, -0.05) is 54.1 Å². The van der Waals surface area contributed by atoms with Crippen molar-refractivity contribution >= 4 is 23.6 Å². The summed E-state index contributed by atoms with van der Waals surface area (Å²) >= 11 is 5.86. The summed E-state index contributed by atoms with van der Waals surface area (Å²) in [5.41, 5.74) is 1.88. The number of halogens is 1.